The van der Waals surface area contributed by atoms with Gasteiger partial charge in [-0.1, -0.05) is 18.2 Å². The van der Waals surface area contributed by atoms with Gasteiger partial charge in [-0.15, -0.1) is 16.8 Å². The van der Waals surface area contributed by atoms with Crippen LogP contribution in [0.3, 0.4) is 0 Å². The largest absolute Gasteiger partial charge is 0.495 e. The van der Waals surface area contributed by atoms with E-state index in [0.29, 0.717) is 22.8 Å². The normalized spacial score (nSPS) is 13.2. The lowest BCUT2D eigenvalue weighted by molar-refractivity contribution is 0.0669. The summed E-state index contributed by atoms with van der Waals surface area (Å²) < 4.78 is 41.0. The lowest BCUT2D eigenvalue weighted by atomic mass is 10.1. The van der Waals surface area contributed by atoms with E-state index in [2.05, 4.69) is 31.7 Å². The molecule has 0 fully saturated rings. The van der Waals surface area contributed by atoms with Crippen LogP contribution in [0.4, 0.5) is 0 Å². The standard InChI is InChI=1S/C28H32N6O4S/c1-7-11-38-26(27-30-14-19(3)15-31-27)21(5)39(35,36)17-24-32-33-28(22-12-18(2)13-29-16-22)34(24)25-20(4)9-8-10-23(25)37-6/h7-10,12-16,21,26H,1,11,17H2,2-6H3/t21-,26-/m1/s1. The van der Waals surface area contributed by atoms with Gasteiger partial charge in [0.15, 0.2) is 27.3 Å². The van der Waals surface area contributed by atoms with Crippen LogP contribution in [0.2, 0.25) is 0 Å². The number of hydrogen-bond acceptors (Lipinski definition) is 9. The first kappa shape index (κ1) is 28.1. The maximum atomic E-state index is 13.9. The third-order valence-corrected chi connectivity index (χ3v) is 8.32. The third-order valence-electron chi connectivity index (χ3n) is 6.28. The molecule has 204 valence electrons. The van der Waals surface area contributed by atoms with Crippen LogP contribution in [-0.4, -0.2) is 57.1 Å². The summed E-state index contributed by atoms with van der Waals surface area (Å²) in [7, 11) is -2.29. The molecule has 0 aliphatic heterocycles. The summed E-state index contributed by atoms with van der Waals surface area (Å²) in [6.45, 7) is 11.1. The summed E-state index contributed by atoms with van der Waals surface area (Å²) in [6, 6.07) is 7.53. The van der Waals surface area contributed by atoms with Crippen LogP contribution < -0.4 is 4.74 Å². The summed E-state index contributed by atoms with van der Waals surface area (Å²) in [5.41, 5.74) is 4.01. The van der Waals surface area contributed by atoms with Crippen molar-refractivity contribution in [3.05, 3.63) is 90.0 Å². The minimum absolute atomic E-state index is 0.142. The third kappa shape index (κ3) is 6.04. The van der Waals surface area contributed by atoms with Crippen LogP contribution in [0.1, 0.15) is 41.4 Å². The van der Waals surface area contributed by atoms with Gasteiger partial charge in [0.2, 0.25) is 0 Å². The average molecular weight is 549 g/mol. The van der Waals surface area contributed by atoms with Gasteiger partial charge in [-0.2, -0.15) is 0 Å². The van der Waals surface area contributed by atoms with E-state index in [1.165, 1.54) is 0 Å². The zero-order valence-electron chi connectivity index (χ0n) is 22.7. The van der Waals surface area contributed by atoms with Crippen molar-refractivity contribution in [2.24, 2.45) is 0 Å². The Kier molecular flexibility index (Phi) is 8.51. The Hall–Kier alpha value is -3.96. The smallest absolute Gasteiger partial charge is 0.170 e. The molecule has 0 N–H and O–H groups in total. The van der Waals surface area contributed by atoms with Crippen molar-refractivity contribution in [2.45, 2.75) is 44.8 Å². The molecule has 11 heteroatoms. The Balaban J connectivity index is 1.82. The Bertz CT molecular complexity index is 1570. The summed E-state index contributed by atoms with van der Waals surface area (Å²) in [4.78, 5) is 13.0. The van der Waals surface area contributed by atoms with Gasteiger partial charge in [-0.3, -0.25) is 9.55 Å². The Labute approximate surface area is 228 Å². The molecule has 1 aromatic carbocycles. The van der Waals surface area contributed by atoms with E-state index < -0.39 is 26.9 Å². The number of benzene rings is 1. The number of aromatic nitrogens is 6. The molecule has 0 amide bonds. The number of sulfone groups is 1. The Morgan fingerprint density at radius 2 is 1.79 bits per heavy atom. The lowest BCUT2D eigenvalue weighted by Crippen LogP contribution is -2.31. The van der Waals surface area contributed by atoms with E-state index in [4.69, 9.17) is 9.47 Å². The molecule has 3 aromatic heterocycles. The highest BCUT2D eigenvalue weighted by Crippen LogP contribution is 2.33. The minimum atomic E-state index is -3.86. The highest BCUT2D eigenvalue weighted by atomic mass is 32.2. The zero-order chi connectivity index (χ0) is 28.2. The summed E-state index contributed by atoms with van der Waals surface area (Å²) in [5, 5.41) is 7.77. The minimum Gasteiger partial charge on any atom is -0.495 e. The first-order valence-electron chi connectivity index (χ1n) is 12.4. The molecular formula is C28H32N6O4S. The van der Waals surface area contributed by atoms with Gasteiger partial charge in [-0.25, -0.2) is 18.4 Å². The molecule has 3 heterocycles. The van der Waals surface area contributed by atoms with Crippen molar-refractivity contribution in [1.29, 1.82) is 0 Å². The number of para-hydroxylation sites is 1. The predicted molar refractivity (Wildman–Crippen MR) is 148 cm³/mol. The fourth-order valence-electron chi connectivity index (χ4n) is 4.23. The molecule has 2 atom stereocenters. The first-order valence-corrected chi connectivity index (χ1v) is 14.1. The zero-order valence-corrected chi connectivity index (χ0v) is 23.5. The molecule has 0 saturated heterocycles. The molecular weight excluding hydrogens is 516 g/mol. The van der Waals surface area contributed by atoms with Crippen LogP contribution in [0, 0.1) is 20.8 Å². The monoisotopic (exact) mass is 548 g/mol. The number of hydrogen-bond donors (Lipinski definition) is 0. The summed E-state index contributed by atoms with van der Waals surface area (Å²) in [5.74, 6) is 1.13. The molecule has 0 unspecified atom stereocenters. The molecule has 4 rings (SSSR count). The van der Waals surface area contributed by atoms with Crippen molar-refractivity contribution in [3.63, 3.8) is 0 Å². The number of ether oxygens (including phenoxy) is 2. The fraction of sp³-hybridized carbons (Fsp3) is 0.321. The average Bonchev–Trinajstić information content (AvgIpc) is 3.31. The van der Waals surface area contributed by atoms with E-state index >= 15 is 0 Å². The van der Waals surface area contributed by atoms with Gasteiger partial charge in [0.25, 0.3) is 0 Å². The fourth-order valence-corrected chi connectivity index (χ4v) is 5.62. The maximum absolute atomic E-state index is 13.9. The van der Waals surface area contributed by atoms with Crippen molar-refractivity contribution < 1.29 is 17.9 Å². The highest BCUT2D eigenvalue weighted by Gasteiger charge is 2.35. The first-order chi connectivity index (χ1) is 18.7. The number of pyridine rings is 1. The second-order valence-corrected chi connectivity index (χ2v) is 11.7. The molecule has 39 heavy (non-hydrogen) atoms. The Morgan fingerprint density at radius 3 is 2.46 bits per heavy atom. The molecule has 0 saturated carbocycles. The maximum Gasteiger partial charge on any atom is 0.170 e. The van der Waals surface area contributed by atoms with Crippen molar-refractivity contribution in [2.75, 3.05) is 13.7 Å². The quantitative estimate of drug-likeness (QED) is 0.252. The topological polar surface area (TPSA) is 122 Å². The van der Waals surface area contributed by atoms with Crippen LogP contribution in [0.15, 0.2) is 61.7 Å². The number of aryl methyl sites for hydroxylation is 3. The van der Waals surface area contributed by atoms with Gasteiger partial charge in [0.05, 0.1) is 24.7 Å². The van der Waals surface area contributed by atoms with Crippen LogP contribution >= 0.6 is 0 Å². The van der Waals surface area contributed by atoms with E-state index in [9.17, 15) is 8.42 Å². The van der Waals surface area contributed by atoms with Crippen LogP contribution in [-0.2, 0) is 20.3 Å². The molecule has 0 bridgehead atoms. The Morgan fingerprint density at radius 1 is 1.05 bits per heavy atom. The molecule has 0 aliphatic carbocycles. The number of methoxy groups -OCH3 is 1. The second kappa shape index (κ2) is 11.8. The highest BCUT2D eigenvalue weighted by molar-refractivity contribution is 7.91. The molecule has 10 nitrogen and oxygen atoms in total. The van der Waals surface area contributed by atoms with Crippen LogP contribution in [0.25, 0.3) is 17.1 Å². The molecule has 0 aliphatic rings. The van der Waals surface area contributed by atoms with E-state index in [1.807, 2.05) is 45.0 Å². The van der Waals surface area contributed by atoms with Gasteiger partial charge in [0, 0.05) is 30.4 Å². The van der Waals surface area contributed by atoms with E-state index in [1.54, 1.807) is 49.5 Å². The summed E-state index contributed by atoms with van der Waals surface area (Å²) in [6.07, 6.45) is 7.34. The molecule has 0 radical (unpaired) electrons. The second-order valence-electron chi connectivity index (χ2n) is 9.33. The van der Waals surface area contributed by atoms with E-state index in [-0.39, 0.29) is 18.3 Å². The predicted octanol–water partition coefficient (Wildman–Crippen LogP) is 4.30. The van der Waals surface area contributed by atoms with Crippen molar-refractivity contribution in [3.8, 4) is 22.8 Å². The van der Waals surface area contributed by atoms with Gasteiger partial charge in [0.1, 0.15) is 17.6 Å². The van der Waals surface area contributed by atoms with Gasteiger partial charge in [-0.05, 0) is 56.5 Å². The number of nitrogens with zero attached hydrogens (tertiary/aromatic N) is 6. The van der Waals surface area contributed by atoms with Gasteiger partial charge < -0.3 is 9.47 Å². The van der Waals surface area contributed by atoms with Crippen molar-refractivity contribution >= 4 is 9.84 Å². The van der Waals surface area contributed by atoms with Crippen LogP contribution in [0.5, 0.6) is 5.75 Å². The molecule has 0 spiro atoms. The molecule has 4 aromatic rings. The van der Waals surface area contributed by atoms with Crippen molar-refractivity contribution in [1.82, 2.24) is 29.7 Å². The SMILES string of the molecule is C=CCO[C@@H](c1ncc(C)cn1)[C@@H](C)S(=O)(=O)Cc1nnc(-c2cncc(C)c2)n1-c1c(C)cccc1OC. The van der Waals surface area contributed by atoms with E-state index in [0.717, 1.165) is 16.7 Å². The number of rotatable bonds is 11. The lowest BCUT2D eigenvalue weighted by Gasteiger charge is -2.23. The summed E-state index contributed by atoms with van der Waals surface area (Å²) >= 11 is 0. The van der Waals surface area contributed by atoms with Gasteiger partial charge >= 0.3 is 0 Å².